The van der Waals surface area contributed by atoms with E-state index in [1.165, 1.54) is 12.1 Å². The molecule has 1 amide bonds. The van der Waals surface area contributed by atoms with Gasteiger partial charge in [-0.1, -0.05) is 12.1 Å². The Labute approximate surface area is 121 Å². The molecule has 1 saturated heterocycles. The summed E-state index contributed by atoms with van der Waals surface area (Å²) in [5.74, 6) is -6.16. The fourth-order valence-corrected chi connectivity index (χ4v) is 2.76. The molecule has 0 N–H and O–H groups in total. The van der Waals surface area contributed by atoms with Crippen LogP contribution in [0.15, 0.2) is 24.3 Å². The van der Waals surface area contributed by atoms with Crippen molar-refractivity contribution in [1.29, 1.82) is 0 Å². The zero-order valence-corrected chi connectivity index (χ0v) is 11.6. The van der Waals surface area contributed by atoms with E-state index in [0.29, 0.717) is 19.1 Å². The van der Waals surface area contributed by atoms with E-state index in [-0.39, 0.29) is 13.1 Å². The average Bonchev–Trinajstić information content (AvgIpc) is 3.31. The molecule has 1 saturated carbocycles. The summed E-state index contributed by atoms with van der Waals surface area (Å²) in [5.41, 5.74) is -0.848. The number of benzene rings is 1. The maximum absolute atomic E-state index is 14.2. The van der Waals surface area contributed by atoms with Gasteiger partial charge in [0.25, 0.3) is 5.91 Å². The Bertz CT molecular complexity index is 537. The monoisotopic (exact) mass is 298 g/mol. The molecule has 3 rings (SSSR count). The second kappa shape index (κ2) is 5.33. The van der Waals surface area contributed by atoms with Gasteiger partial charge in [-0.25, -0.2) is 4.39 Å². The maximum Gasteiger partial charge on any atom is 0.352 e. The number of carbonyl (C=O) groups is 1. The van der Waals surface area contributed by atoms with Crippen molar-refractivity contribution in [3.05, 3.63) is 35.6 Å². The Kier molecular flexibility index (Phi) is 3.65. The van der Waals surface area contributed by atoms with Crippen LogP contribution < -0.4 is 0 Å². The van der Waals surface area contributed by atoms with Crippen LogP contribution in [0.25, 0.3) is 0 Å². The number of hydrogen-bond acceptors (Lipinski definition) is 2. The van der Waals surface area contributed by atoms with Gasteiger partial charge in [-0.3, -0.25) is 9.69 Å². The fraction of sp³-hybridized carbons (Fsp3) is 0.533. The van der Waals surface area contributed by atoms with Gasteiger partial charge in [-0.05, 0) is 25.0 Å². The molecule has 0 aromatic heterocycles. The third-order valence-corrected chi connectivity index (χ3v) is 4.15. The van der Waals surface area contributed by atoms with Gasteiger partial charge in [0, 0.05) is 32.2 Å². The molecule has 1 aromatic rings. The average molecular weight is 298 g/mol. The number of carbonyl (C=O) groups excluding carboxylic acids is 1. The van der Waals surface area contributed by atoms with Gasteiger partial charge in [-0.2, -0.15) is 8.78 Å². The van der Waals surface area contributed by atoms with Gasteiger partial charge >= 0.3 is 5.92 Å². The molecular formula is C15H17F3N2O. The molecule has 0 spiro atoms. The van der Waals surface area contributed by atoms with Crippen LogP contribution in [0.5, 0.6) is 0 Å². The highest BCUT2D eigenvalue weighted by Crippen LogP contribution is 2.33. The van der Waals surface area contributed by atoms with Crippen molar-refractivity contribution in [2.24, 2.45) is 0 Å². The fourth-order valence-electron chi connectivity index (χ4n) is 2.76. The maximum atomic E-state index is 14.2. The Morgan fingerprint density at radius 1 is 1.10 bits per heavy atom. The van der Waals surface area contributed by atoms with Crippen molar-refractivity contribution in [1.82, 2.24) is 9.80 Å². The summed E-state index contributed by atoms with van der Waals surface area (Å²) in [6.45, 7) is 1.78. The van der Waals surface area contributed by atoms with Crippen LogP contribution in [-0.4, -0.2) is 47.9 Å². The molecule has 1 aliphatic carbocycles. The minimum atomic E-state index is -3.81. The third kappa shape index (κ3) is 2.77. The molecule has 1 heterocycles. The van der Waals surface area contributed by atoms with Crippen LogP contribution in [0.1, 0.15) is 18.4 Å². The molecule has 1 aliphatic heterocycles. The van der Waals surface area contributed by atoms with E-state index in [9.17, 15) is 18.0 Å². The Hall–Kier alpha value is -1.56. The quantitative estimate of drug-likeness (QED) is 0.854. The summed E-state index contributed by atoms with van der Waals surface area (Å²) in [6, 6.07) is 5.11. The first kappa shape index (κ1) is 14.4. The van der Waals surface area contributed by atoms with E-state index in [0.717, 1.165) is 29.9 Å². The molecule has 0 atom stereocenters. The lowest BCUT2D eigenvalue weighted by Crippen LogP contribution is -2.53. The predicted molar refractivity (Wildman–Crippen MR) is 71.5 cm³/mol. The van der Waals surface area contributed by atoms with E-state index >= 15 is 0 Å². The Morgan fingerprint density at radius 2 is 1.71 bits per heavy atom. The molecule has 2 aliphatic rings. The summed E-state index contributed by atoms with van der Waals surface area (Å²) >= 11 is 0. The first-order chi connectivity index (χ1) is 10.00. The highest BCUT2D eigenvalue weighted by atomic mass is 19.3. The lowest BCUT2D eigenvalue weighted by molar-refractivity contribution is -0.161. The minimum Gasteiger partial charge on any atom is -0.335 e. The van der Waals surface area contributed by atoms with Crippen molar-refractivity contribution >= 4 is 5.91 Å². The number of halogens is 3. The molecular weight excluding hydrogens is 281 g/mol. The zero-order chi connectivity index (χ0) is 15.0. The van der Waals surface area contributed by atoms with Crippen LogP contribution in [0.3, 0.4) is 0 Å². The highest BCUT2D eigenvalue weighted by molar-refractivity contribution is 5.85. The van der Waals surface area contributed by atoms with Gasteiger partial charge in [0.15, 0.2) is 0 Å². The summed E-state index contributed by atoms with van der Waals surface area (Å²) in [6.07, 6.45) is 2.30. The van der Waals surface area contributed by atoms with Crippen LogP contribution >= 0.6 is 0 Å². The summed E-state index contributed by atoms with van der Waals surface area (Å²) in [7, 11) is 0. The molecule has 6 heteroatoms. The first-order valence-corrected chi connectivity index (χ1v) is 7.16. The highest BCUT2D eigenvalue weighted by Gasteiger charge is 2.46. The molecule has 0 bridgehead atoms. The summed E-state index contributed by atoms with van der Waals surface area (Å²) in [5, 5.41) is 0. The van der Waals surface area contributed by atoms with E-state index in [2.05, 4.69) is 4.90 Å². The van der Waals surface area contributed by atoms with Gasteiger partial charge in [-0.15, -0.1) is 0 Å². The van der Waals surface area contributed by atoms with Gasteiger partial charge in [0.05, 0.1) is 5.56 Å². The molecule has 0 unspecified atom stereocenters. The first-order valence-electron chi connectivity index (χ1n) is 7.16. The number of amides is 1. The van der Waals surface area contributed by atoms with Crippen LogP contribution in [0.2, 0.25) is 0 Å². The topological polar surface area (TPSA) is 23.6 Å². The van der Waals surface area contributed by atoms with E-state index in [1.807, 2.05) is 0 Å². The van der Waals surface area contributed by atoms with E-state index in [1.54, 1.807) is 0 Å². The van der Waals surface area contributed by atoms with Crippen molar-refractivity contribution in [2.75, 3.05) is 26.2 Å². The van der Waals surface area contributed by atoms with Crippen molar-refractivity contribution in [3.63, 3.8) is 0 Å². The Morgan fingerprint density at radius 3 is 2.29 bits per heavy atom. The molecule has 21 heavy (non-hydrogen) atoms. The predicted octanol–water partition coefficient (Wildman–Crippen LogP) is 2.22. The molecule has 2 fully saturated rings. The SMILES string of the molecule is O=C(N1CCN(C2CC2)CC1)C(F)(F)c1ccccc1F. The Balaban J connectivity index is 1.70. The van der Waals surface area contributed by atoms with Crippen LogP contribution in [0, 0.1) is 5.82 Å². The smallest absolute Gasteiger partial charge is 0.335 e. The lowest BCUT2D eigenvalue weighted by Gasteiger charge is -2.36. The second-order valence-corrected chi connectivity index (χ2v) is 5.61. The minimum absolute atomic E-state index is 0.277. The summed E-state index contributed by atoms with van der Waals surface area (Å²) in [4.78, 5) is 15.4. The summed E-state index contributed by atoms with van der Waals surface area (Å²) < 4.78 is 42.0. The molecule has 114 valence electrons. The van der Waals surface area contributed by atoms with Gasteiger partial charge < -0.3 is 4.90 Å². The van der Waals surface area contributed by atoms with E-state index in [4.69, 9.17) is 0 Å². The number of piperazine rings is 1. The van der Waals surface area contributed by atoms with Gasteiger partial charge in [0.1, 0.15) is 5.82 Å². The van der Waals surface area contributed by atoms with Gasteiger partial charge in [0.2, 0.25) is 0 Å². The molecule has 1 aromatic carbocycles. The second-order valence-electron chi connectivity index (χ2n) is 5.61. The normalized spacial score (nSPS) is 20.6. The number of rotatable bonds is 3. The van der Waals surface area contributed by atoms with E-state index < -0.39 is 23.2 Å². The van der Waals surface area contributed by atoms with Crippen molar-refractivity contribution in [2.45, 2.75) is 24.8 Å². The molecule has 3 nitrogen and oxygen atoms in total. The van der Waals surface area contributed by atoms with Crippen LogP contribution in [0.4, 0.5) is 13.2 Å². The van der Waals surface area contributed by atoms with Crippen molar-refractivity contribution in [3.8, 4) is 0 Å². The largest absolute Gasteiger partial charge is 0.352 e. The zero-order valence-electron chi connectivity index (χ0n) is 11.6. The third-order valence-electron chi connectivity index (χ3n) is 4.15. The lowest BCUT2D eigenvalue weighted by atomic mass is 10.1. The van der Waals surface area contributed by atoms with Crippen molar-refractivity contribution < 1.29 is 18.0 Å². The number of nitrogens with zero attached hydrogens (tertiary/aromatic N) is 2. The molecule has 0 radical (unpaired) electrons. The van der Waals surface area contributed by atoms with Crippen LogP contribution in [-0.2, 0) is 10.7 Å². The standard InChI is InChI=1S/C15H17F3N2O/c16-13-4-2-1-3-12(13)15(17,18)14(21)20-9-7-19(8-10-20)11-5-6-11/h1-4,11H,5-10H2. The number of hydrogen-bond donors (Lipinski definition) is 0. The number of alkyl halides is 2.